The Morgan fingerprint density at radius 2 is 1.65 bits per heavy atom. The molecule has 31 heavy (non-hydrogen) atoms. The van der Waals surface area contributed by atoms with Crippen LogP contribution in [0.4, 0.5) is 0 Å². The van der Waals surface area contributed by atoms with Gasteiger partial charge in [0.25, 0.3) is 0 Å². The van der Waals surface area contributed by atoms with E-state index in [1.165, 1.54) is 19.3 Å². The summed E-state index contributed by atoms with van der Waals surface area (Å²) < 4.78 is 39.3. The number of benzene rings is 1. The Morgan fingerprint density at radius 1 is 0.968 bits per heavy atom. The maximum absolute atomic E-state index is 13.1. The monoisotopic (exact) mass is 454 g/mol. The van der Waals surface area contributed by atoms with Crippen LogP contribution in [0.2, 0.25) is 0 Å². The summed E-state index contributed by atoms with van der Waals surface area (Å²) in [7, 11) is 0.196. The fraction of sp³-hybridized carbons (Fsp3) is 0.750. The molecule has 0 heterocycles. The minimum Gasteiger partial charge on any atom is -0.494 e. The second-order valence-corrected chi connectivity index (χ2v) is 10.5. The first-order chi connectivity index (χ1) is 15.0. The van der Waals surface area contributed by atoms with Gasteiger partial charge in [0.1, 0.15) is 5.75 Å². The predicted molar refractivity (Wildman–Crippen MR) is 126 cm³/mol. The minimum atomic E-state index is -3.50. The lowest BCUT2D eigenvalue weighted by Gasteiger charge is -2.34. The Morgan fingerprint density at radius 3 is 2.29 bits per heavy atom. The van der Waals surface area contributed by atoms with Crippen molar-refractivity contribution in [3.63, 3.8) is 0 Å². The maximum atomic E-state index is 13.1. The molecule has 0 atom stereocenters. The van der Waals surface area contributed by atoms with Crippen LogP contribution in [0.25, 0.3) is 0 Å². The molecule has 0 amide bonds. The highest BCUT2D eigenvalue weighted by molar-refractivity contribution is 7.89. The lowest BCUT2D eigenvalue weighted by molar-refractivity contribution is 0.0157. The van der Waals surface area contributed by atoms with Crippen LogP contribution in [-0.2, 0) is 14.8 Å². The molecule has 1 fully saturated rings. The Balaban J connectivity index is 1.74. The van der Waals surface area contributed by atoms with Crippen molar-refractivity contribution in [3.8, 4) is 5.75 Å². The van der Waals surface area contributed by atoms with Crippen LogP contribution in [0.5, 0.6) is 5.75 Å². The molecule has 0 aliphatic heterocycles. The van der Waals surface area contributed by atoms with E-state index in [-0.39, 0.29) is 12.1 Å². The van der Waals surface area contributed by atoms with Gasteiger partial charge in [-0.05, 0) is 82.8 Å². The maximum Gasteiger partial charge on any atom is 0.243 e. The molecule has 1 saturated carbocycles. The van der Waals surface area contributed by atoms with Crippen molar-refractivity contribution in [2.45, 2.75) is 88.2 Å². The number of hydrogen-bond donors (Lipinski definition) is 1. The Hall–Kier alpha value is -1.15. The van der Waals surface area contributed by atoms with Gasteiger partial charge in [0.05, 0.1) is 17.6 Å². The Bertz CT molecular complexity index is 701. The van der Waals surface area contributed by atoms with Crippen LogP contribution in [0, 0.1) is 0 Å². The Kier molecular flexibility index (Phi) is 11.9. The molecule has 7 heteroatoms. The van der Waals surface area contributed by atoms with E-state index in [4.69, 9.17) is 9.47 Å². The summed E-state index contributed by atoms with van der Waals surface area (Å²) in [5.41, 5.74) is 0. The summed E-state index contributed by atoms with van der Waals surface area (Å²) in [5, 5.41) is 3.17. The summed E-state index contributed by atoms with van der Waals surface area (Å²) >= 11 is 0. The van der Waals surface area contributed by atoms with Crippen LogP contribution >= 0.6 is 0 Å². The van der Waals surface area contributed by atoms with E-state index in [1.54, 1.807) is 35.6 Å². The number of nitrogens with zero attached hydrogens (tertiary/aromatic N) is 1. The van der Waals surface area contributed by atoms with Gasteiger partial charge < -0.3 is 14.8 Å². The van der Waals surface area contributed by atoms with Crippen LogP contribution in [-0.4, -0.2) is 58.7 Å². The van der Waals surface area contributed by atoms with Crippen molar-refractivity contribution in [1.82, 2.24) is 9.62 Å². The van der Waals surface area contributed by atoms with Crippen molar-refractivity contribution in [1.29, 1.82) is 0 Å². The molecule has 0 unspecified atom stereocenters. The average Bonchev–Trinajstić information content (AvgIpc) is 2.79. The van der Waals surface area contributed by atoms with E-state index >= 15 is 0 Å². The van der Waals surface area contributed by atoms with E-state index in [9.17, 15) is 8.42 Å². The highest BCUT2D eigenvalue weighted by atomic mass is 32.2. The molecular weight excluding hydrogens is 412 g/mol. The summed E-state index contributed by atoms with van der Waals surface area (Å²) in [5.74, 6) is 0.717. The van der Waals surface area contributed by atoms with Gasteiger partial charge in [0.2, 0.25) is 10.0 Å². The third kappa shape index (κ3) is 8.72. The molecule has 1 aliphatic carbocycles. The van der Waals surface area contributed by atoms with Gasteiger partial charge in [-0.25, -0.2) is 8.42 Å². The summed E-state index contributed by atoms with van der Waals surface area (Å²) in [6.45, 7) is 4.67. The predicted octanol–water partition coefficient (Wildman–Crippen LogP) is 4.59. The second-order valence-electron chi connectivity index (χ2n) is 8.51. The fourth-order valence-electron chi connectivity index (χ4n) is 3.99. The first-order valence-corrected chi connectivity index (χ1v) is 13.4. The summed E-state index contributed by atoms with van der Waals surface area (Å²) in [4.78, 5) is 0.328. The third-order valence-corrected chi connectivity index (χ3v) is 8.02. The topological polar surface area (TPSA) is 67.9 Å². The smallest absolute Gasteiger partial charge is 0.243 e. The van der Waals surface area contributed by atoms with Gasteiger partial charge >= 0.3 is 0 Å². The normalized spacial score (nSPS) is 19.6. The molecular formula is C24H42N2O4S. The largest absolute Gasteiger partial charge is 0.494 e. The van der Waals surface area contributed by atoms with Crippen molar-refractivity contribution in [2.24, 2.45) is 0 Å². The third-order valence-electron chi connectivity index (χ3n) is 6.10. The van der Waals surface area contributed by atoms with Gasteiger partial charge in [0.15, 0.2) is 0 Å². The van der Waals surface area contributed by atoms with Crippen molar-refractivity contribution < 1.29 is 17.9 Å². The van der Waals surface area contributed by atoms with E-state index in [1.807, 2.05) is 7.05 Å². The van der Waals surface area contributed by atoms with Gasteiger partial charge in [0, 0.05) is 19.7 Å². The number of ether oxygens (including phenoxy) is 2. The van der Waals surface area contributed by atoms with E-state index in [0.29, 0.717) is 11.5 Å². The van der Waals surface area contributed by atoms with Gasteiger partial charge in [-0.2, -0.15) is 4.31 Å². The van der Waals surface area contributed by atoms with Gasteiger partial charge in [-0.15, -0.1) is 0 Å². The number of nitrogens with one attached hydrogen (secondary N) is 1. The highest BCUT2D eigenvalue weighted by Crippen LogP contribution is 2.29. The van der Waals surface area contributed by atoms with E-state index in [0.717, 1.165) is 63.8 Å². The lowest BCUT2D eigenvalue weighted by Crippen LogP contribution is -2.40. The molecule has 2 rings (SSSR count). The quantitative estimate of drug-likeness (QED) is 0.393. The second kappa shape index (κ2) is 14.1. The zero-order valence-electron chi connectivity index (χ0n) is 19.6. The standard InChI is InChI=1S/C24H42N2O4S/c1-4-5-19-29-23-14-16-24(17-15-23)31(27,28)26(3)21-10-12-22(13-11-21)30-20-9-7-6-8-18-25-2/h14-17,21-22,25H,4-13,18-20H2,1-3H3/t21-,22-. The van der Waals surface area contributed by atoms with Crippen LogP contribution < -0.4 is 10.1 Å². The summed E-state index contributed by atoms with van der Waals surface area (Å²) in [6.07, 6.45) is 10.7. The lowest BCUT2D eigenvalue weighted by atomic mass is 9.93. The molecule has 0 bridgehead atoms. The molecule has 1 aliphatic rings. The molecule has 0 spiro atoms. The van der Waals surface area contributed by atoms with Crippen molar-refractivity contribution in [2.75, 3.05) is 33.9 Å². The molecule has 1 aromatic carbocycles. The SMILES string of the molecule is CCCCOc1ccc(S(=O)(=O)N(C)[C@H]2CC[C@H](OCCCCCCNC)CC2)cc1. The van der Waals surface area contributed by atoms with Crippen LogP contribution in [0.15, 0.2) is 29.2 Å². The highest BCUT2D eigenvalue weighted by Gasteiger charge is 2.31. The van der Waals surface area contributed by atoms with Crippen LogP contribution in [0.3, 0.4) is 0 Å². The number of rotatable bonds is 15. The first-order valence-electron chi connectivity index (χ1n) is 12.0. The average molecular weight is 455 g/mol. The molecule has 178 valence electrons. The van der Waals surface area contributed by atoms with Gasteiger partial charge in [-0.3, -0.25) is 0 Å². The van der Waals surface area contributed by atoms with Crippen molar-refractivity contribution >= 4 is 10.0 Å². The molecule has 0 radical (unpaired) electrons. The summed E-state index contributed by atoms with van der Waals surface area (Å²) in [6, 6.07) is 6.84. The molecule has 0 aromatic heterocycles. The molecule has 1 N–H and O–H groups in total. The first kappa shape index (κ1) is 26.1. The van der Waals surface area contributed by atoms with E-state index < -0.39 is 10.0 Å². The van der Waals surface area contributed by atoms with Gasteiger partial charge in [-0.1, -0.05) is 26.2 Å². The Labute approximate surface area is 189 Å². The number of unbranched alkanes of at least 4 members (excludes halogenated alkanes) is 4. The zero-order chi connectivity index (χ0) is 22.5. The number of sulfonamides is 1. The molecule has 1 aromatic rings. The van der Waals surface area contributed by atoms with Crippen molar-refractivity contribution in [3.05, 3.63) is 24.3 Å². The zero-order valence-corrected chi connectivity index (χ0v) is 20.5. The molecule has 0 saturated heterocycles. The number of hydrogen-bond acceptors (Lipinski definition) is 5. The van der Waals surface area contributed by atoms with E-state index in [2.05, 4.69) is 12.2 Å². The minimum absolute atomic E-state index is 0.0341. The van der Waals surface area contributed by atoms with Crippen LogP contribution in [0.1, 0.15) is 71.1 Å². The fourth-order valence-corrected chi connectivity index (χ4v) is 5.40. The molecule has 6 nitrogen and oxygen atoms in total.